The molecule has 0 saturated carbocycles. The maximum atomic E-state index is 4.39. The van der Waals surface area contributed by atoms with Crippen molar-refractivity contribution in [2.45, 2.75) is 20.0 Å². The molecule has 2 heterocycles. The average Bonchev–Trinajstić information content (AvgIpc) is 2.60. The van der Waals surface area contributed by atoms with Crippen molar-refractivity contribution in [3.05, 3.63) is 60.6 Å². The minimum atomic E-state index is -1.75. The van der Waals surface area contributed by atoms with Gasteiger partial charge in [0.25, 0.3) is 0 Å². The number of benzene rings is 2. The van der Waals surface area contributed by atoms with E-state index >= 15 is 0 Å². The quantitative estimate of drug-likeness (QED) is 0.499. The van der Waals surface area contributed by atoms with Gasteiger partial charge in [0.2, 0.25) is 5.69 Å². The summed E-state index contributed by atoms with van der Waals surface area (Å²) < 4.78 is 2.17. The van der Waals surface area contributed by atoms with Crippen LogP contribution < -0.4 is 19.8 Å². The van der Waals surface area contributed by atoms with Crippen molar-refractivity contribution in [2.75, 3.05) is 11.9 Å². The number of aromatic nitrogens is 2. The molecule has 0 unspecified atom stereocenters. The van der Waals surface area contributed by atoms with Gasteiger partial charge in [-0.25, -0.2) is 0 Å². The summed E-state index contributed by atoms with van der Waals surface area (Å²) in [5, 5.41) is 3.01. The third-order valence-corrected chi connectivity index (χ3v) is 9.06. The fourth-order valence-electron chi connectivity index (χ4n) is 4.09. The zero-order chi connectivity index (χ0) is 17.8. The lowest BCUT2D eigenvalue weighted by atomic mass is 10.0. The zero-order valence-corrected chi connectivity index (χ0v) is 16.5. The van der Waals surface area contributed by atoms with Gasteiger partial charge in [-0.3, -0.25) is 4.98 Å². The van der Waals surface area contributed by atoms with Crippen molar-refractivity contribution in [3.8, 4) is 11.3 Å². The maximum Gasteiger partial charge on any atom is 0.233 e. The first-order valence-electron chi connectivity index (χ1n) is 8.70. The topological polar surface area (TPSA) is 20.0 Å². The number of aryl methyl sites for hydroxylation is 2. The molecule has 126 valence electrons. The number of nitrogens with zero attached hydrogens (tertiary/aromatic N) is 3. The van der Waals surface area contributed by atoms with Crippen LogP contribution in [0.25, 0.3) is 11.3 Å². The van der Waals surface area contributed by atoms with E-state index in [4.69, 9.17) is 0 Å². The Balaban J connectivity index is 2.09. The van der Waals surface area contributed by atoms with Crippen molar-refractivity contribution in [3.63, 3.8) is 0 Å². The van der Waals surface area contributed by atoms with Crippen molar-refractivity contribution in [1.82, 2.24) is 4.98 Å². The normalized spacial score (nSPS) is 14.8. The lowest BCUT2D eigenvalue weighted by molar-refractivity contribution is -0.660. The molecule has 1 aromatic heterocycles. The van der Waals surface area contributed by atoms with E-state index in [1.165, 1.54) is 32.9 Å². The SMILES string of the molecule is Cc1ccc2c(c1-c1cncc[n+]1C)N(C)c1ccccc1[Si]2(C)C. The molecule has 0 radical (unpaired) electrons. The number of rotatable bonds is 1. The molecule has 0 amide bonds. The molecule has 3 nitrogen and oxygen atoms in total. The first-order chi connectivity index (χ1) is 11.9. The molecular weight excluding hydrogens is 322 g/mol. The van der Waals surface area contributed by atoms with Gasteiger partial charge in [-0.2, -0.15) is 4.57 Å². The fraction of sp³-hybridized carbons (Fsp3) is 0.238. The predicted octanol–water partition coefficient (Wildman–Crippen LogP) is 2.79. The summed E-state index contributed by atoms with van der Waals surface area (Å²) >= 11 is 0. The highest BCUT2D eigenvalue weighted by molar-refractivity contribution is 7.02. The molecule has 1 aliphatic heterocycles. The Morgan fingerprint density at radius 2 is 1.80 bits per heavy atom. The number of para-hydroxylation sites is 1. The highest BCUT2D eigenvalue weighted by Gasteiger charge is 2.39. The average molecular weight is 347 g/mol. The Labute approximate surface area is 150 Å². The second-order valence-corrected chi connectivity index (χ2v) is 11.8. The first-order valence-corrected chi connectivity index (χ1v) is 11.7. The molecule has 0 saturated heterocycles. The van der Waals surface area contributed by atoms with Gasteiger partial charge in [-0.05, 0) is 28.9 Å². The minimum absolute atomic E-state index is 1.16. The first kappa shape index (κ1) is 16.0. The number of fused-ring (bicyclic) bond motifs is 2. The number of hydrogen-bond acceptors (Lipinski definition) is 2. The van der Waals surface area contributed by atoms with Gasteiger partial charge < -0.3 is 4.90 Å². The van der Waals surface area contributed by atoms with Gasteiger partial charge in [-0.15, -0.1) is 0 Å². The fourth-order valence-corrected chi connectivity index (χ4v) is 7.17. The number of hydrogen-bond donors (Lipinski definition) is 0. The molecule has 0 fully saturated rings. The Kier molecular flexibility index (Phi) is 3.54. The maximum absolute atomic E-state index is 4.39. The zero-order valence-electron chi connectivity index (χ0n) is 15.5. The van der Waals surface area contributed by atoms with Gasteiger partial charge in [0.15, 0.2) is 6.20 Å². The molecule has 2 aromatic carbocycles. The van der Waals surface area contributed by atoms with Crippen LogP contribution in [-0.4, -0.2) is 20.1 Å². The van der Waals surface area contributed by atoms with E-state index in [0.717, 1.165) is 5.69 Å². The molecule has 25 heavy (non-hydrogen) atoms. The highest BCUT2D eigenvalue weighted by atomic mass is 28.3. The van der Waals surface area contributed by atoms with Crippen LogP contribution >= 0.6 is 0 Å². The van der Waals surface area contributed by atoms with E-state index in [-0.39, 0.29) is 0 Å². The van der Waals surface area contributed by atoms with Gasteiger partial charge in [0.05, 0.1) is 23.6 Å². The lowest BCUT2D eigenvalue weighted by Crippen LogP contribution is -2.59. The molecule has 0 aliphatic carbocycles. The van der Waals surface area contributed by atoms with Crippen molar-refractivity contribution in [2.24, 2.45) is 7.05 Å². The van der Waals surface area contributed by atoms with Crippen LogP contribution in [0.15, 0.2) is 55.0 Å². The third kappa shape index (κ3) is 2.24. The van der Waals surface area contributed by atoms with Gasteiger partial charge in [0, 0.05) is 12.7 Å². The van der Waals surface area contributed by atoms with Gasteiger partial charge in [0.1, 0.15) is 15.1 Å². The standard InChI is InChI=1S/C21H24N3Si/c1-15-10-11-19-21(20(15)17-14-22-12-13-23(17)2)24(3)16-8-6-7-9-18(16)25(19,4)5/h6-14H,1-5H3/q+1. The van der Waals surface area contributed by atoms with Crippen LogP contribution in [0.5, 0.6) is 0 Å². The van der Waals surface area contributed by atoms with Crippen LogP contribution in [0, 0.1) is 6.92 Å². The molecule has 1 aliphatic rings. The van der Waals surface area contributed by atoms with Crippen LogP contribution in [-0.2, 0) is 7.05 Å². The second-order valence-electron chi connectivity index (χ2n) is 7.43. The van der Waals surface area contributed by atoms with E-state index in [9.17, 15) is 0 Å². The molecule has 4 rings (SSSR count). The van der Waals surface area contributed by atoms with Crippen LogP contribution in [0.3, 0.4) is 0 Å². The van der Waals surface area contributed by atoms with Crippen molar-refractivity contribution < 1.29 is 4.57 Å². The van der Waals surface area contributed by atoms with E-state index < -0.39 is 8.07 Å². The minimum Gasteiger partial charge on any atom is -0.344 e. The van der Waals surface area contributed by atoms with Crippen LogP contribution in [0.4, 0.5) is 11.4 Å². The van der Waals surface area contributed by atoms with Crippen molar-refractivity contribution in [1.29, 1.82) is 0 Å². The van der Waals surface area contributed by atoms with Crippen LogP contribution in [0.2, 0.25) is 13.1 Å². The summed E-state index contributed by atoms with van der Waals surface area (Å²) in [6, 6.07) is 13.5. The Morgan fingerprint density at radius 3 is 2.56 bits per heavy atom. The third-order valence-electron chi connectivity index (χ3n) is 5.54. The number of anilines is 2. The molecule has 0 spiro atoms. The summed E-state index contributed by atoms with van der Waals surface area (Å²) in [5.41, 5.74) is 6.43. The molecule has 0 N–H and O–H groups in total. The van der Waals surface area contributed by atoms with Crippen LogP contribution in [0.1, 0.15) is 5.56 Å². The van der Waals surface area contributed by atoms with E-state index in [1.54, 1.807) is 0 Å². The summed E-state index contributed by atoms with van der Waals surface area (Å²) in [7, 11) is 2.54. The van der Waals surface area contributed by atoms with Gasteiger partial charge >= 0.3 is 0 Å². The van der Waals surface area contributed by atoms with Crippen molar-refractivity contribution >= 4 is 29.8 Å². The van der Waals surface area contributed by atoms with E-state index in [1.807, 2.05) is 18.6 Å². The lowest BCUT2D eigenvalue weighted by Gasteiger charge is -2.40. The molecular formula is C21H24N3Si+. The van der Waals surface area contributed by atoms with E-state index in [2.05, 4.69) is 85.0 Å². The van der Waals surface area contributed by atoms with Gasteiger partial charge in [-0.1, -0.05) is 43.4 Å². The highest BCUT2D eigenvalue weighted by Crippen LogP contribution is 2.38. The summed E-state index contributed by atoms with van der Waals surface area (Å²) in [5.74, 6) is 0. The Bertz CT molecular complexity index is 979. The second kappa shape index (κ2) is 5.53. The summed E-state index contributed by atoms with van der Waals surface area (Å²) in [4.78, 5) is 6.76. The Morgan fingerprint density at radius 1 is 1.04 bits per heavy atom. The summed E-state index contributed by atoms with van der Waals surface area (Å²) in [6.07, 6.45) is 5.84. The largest absolute Gasteiger partial charge is 0.344 e. The molecule has 0 bridgehead atoms. The Hall–Kier alpha value is -2.46. The smallest absolute Gasteiger partial charge is 0.233 e. The monoisotopic (exact) mass is 346 g/mol. The molecule has 3 aromatic rings. The summed E-state index contributed by atoms with van der Waals surface area (Å²) in [6.45, 7) is 7.12. The van der Waals surface area contributed by atoms with E-state index in [0.29, 0.717) is 0 Å². The predicted molar refractivity (Wildman–Crippen MR) is 107 cm³/mol. The molecule has 4 heteroatoms. The molecule has 0 atom stereocenters.